The first-order valence-electron chi connectivity index (χ1n) is 6.70. The Balaban J connectivity index is 1.82. The van der Waals surface area contributed by atoms with Crippen LogP contribution in [0, 0.1) is 0 Å². The van der Waals surface area contributed by atoms with Gasteiger partial charge in [-0.1, -0.05) is 31.2 Å². The van der Waals surface area contributed by atoms with E-state index in [-0.39, 0.29) is 0 Å². The van der Waals surface area contributed by atoms with E-state index in [1.165, 1.54) is 17.5 Å². The molecule has 2 heteroatoms. The third-order valence-corrected chi connectivity index (χ3v) is 3.87. The van der Waals surface area contributed by atoms with Crippen LogP contribution in [-0.4, -0.2) is 10.9 Å². The zero-order valence-corrected chi connectivity index (χ0v) is 10.8. The zero-order valence-electron chi connectivity index (χ0n) is 10.8. The van der Waals surface area contributed by atoms with Crippen molar-refractivity contribution in [1.82, 2.24) is 4.90 Å². The largest absolute Gasteiger partial charge is 0.468 e. The normalized spacial score (nSPS) is 19.7. The summed E-state index contributed by atoms with van der Waals surface area (Å²) in [6, 6.07) is 13.5. The molecule has 0 aliphatic carbocycles. The third-order valence-electron chi connectivity index (χ3n) is 3.87. The number of hydrogen-bond acceptors (Lipinski definition) is 2. The summed E-state index contributed by atoms with van der Waals surface area (Å²) in [5.41, 5.74) is 2.98. The van der Waals surface area contributed by atoms with Gasteiger partial charge in [-0.15, -0.1) is 0 Å². The van der Waals surface area contributed by atoms with Crippen LogP contribution >= 0.6 is 0 Å². The summed E-state index contributed by atoms with van der Waals surface area (Å²) in [6.07, 6.45) is 4.11. The minimum atomic E-state index is 0.630. The fourth-order valence-electron chi connectivity index (χ4n) is 2.83. The maximum atomic E-state index is 5.48. The molecule has 0 amide bonds. The molecular weight excluding hydrogens is 222 g/mol. The molecule has 2 nitrogen and oxygen atoms in total. The molecule has 0 radical (unpaired) electrons. The second-order valence-electron chi connectivity index (χ2n) is 5.02. The summed E-state index contributed by atoms with van der Waals surface area (Å²) >= 11 is 0. The summed E-state index contributed by atoms with van der Waals surface area (Å²) in [5.74, 6) is 1.06. The van der Waals surface area contributed by atoms with Gasteiger partial charge < -0.3 is 4.42 Å². The number of benzene rings is 1. The van der Waals surface area contributed by atoms with E-state index in [0.29, 0.717) is 6.04 Å². The van der Waals surface area contributed by atoms with Gasteiger partial charge in [0.2, 0.25) is 0 Å². The average molecular weight is 241 g/mol. The molecule has 1 aliphatic heterocycles. The topological polar surface area (TPSA) is 16.4 Å². The molecule has 3 rings (SSSR count). The van der Waals surface area contributed by atoms with Crippen LogP contribution in [-0.2, 0) is 19.5 Å². The standard InChI is InChI=1S/C16H19NO/c1-2-15-10-13-6-3-4-7-14(13)11-17(15)12-16-8-5-9-18-16/h3-9,15H,2,10-12H2,1H3. The lowest BCUT2D eigenvalue weighted by molar-refractivity contribution is 0.146. The SMILES string of the molecule is CCC1Cc2ccccc2CN1Cc1ccco1. The molecule has 0 spiro atoms. The minimum absolute atomic E-state index is 0.630. The van der Waals surface area contributed by atoms with Gasteiger partial charge in [0.25, 0.3) is 0 Å². The number of fused-ring (bicyclic) bond motifs is 1. The molecule has 94 valence electrons. The van der Waals surface area contributed by atoms with Crippen molar-refractivity contribution < 1.29 is 4.42 Å². The Morgan fingerprint density at radius 1 is 1.17 bits per heavy atom. The van der Waals surface area contributed by atoms with Gasteiger partial charge >= 0.3 is 0 Å². The quantitative estimate of drug-likeness (QED) is 0.816. The van der Waals surface area contributed by atoms with Gasteiger partial charge in [-0.2, -0.15) is 0 Å². The third kappa shape index (κ3) is 2.21. The van der Waals surface area contributed by atoms with Gasteiger partial charge in [-0.3, -0.25) is 4.90 Å². The monoisotopic (exact) mass is 241 g/mol. The summed E-state index contributed by atoms with van der Waals surface area (Å²) < 4.78 is 5.48. The fourth-order valence-corrected chi connectivity index (χ4v) is 2.83. The fraction of sp³-hybridized carbons (Fsp3) is 0.375. The van der Waals surface area contributed by atoms with Gasteiger partial charge in [-0.25, -0.2) is 0 Å². The molecule has 0 bridgehead atoms. The van der Waals surface area contributed by atoms with Crippen LogP contribution in [0.3, 0.4) is 0 Å². The molecule has 1 unspecified atom stereocenters. The Hall–Kier alpha value is -1.54. The maximum Gasteiger partial charge on any atom is 0.117 e. The average Bonchev–Trinajstić information content (AvgIpc) is 2.91. The highest BCUT2D eigenvalue weighted by Gasteiger charge is 2.24. The number of rotatable bonds is 3. The van der Waals surface area contributed by atoms with Crippen molar-refractivity contribution >= 4 is 0 Å². The van der Waals surface area contributed by atoms with Crippen molar-refractivity contribution in [1.29, 1.82) is 0 Å². The maximum absolute atomic E-state index is 5.48. The number of furan rings is 1. The lowest BCUT2D eigenvalue weighted by atomic mass is 9.92. The van der Waals surface area contributed by atoms with E-state index in [4.69, 9.17) is 4.42 Å². The van der Waals surface area contributed by atoms with Crippen molar-refractivity contribution in [3.05, 3.63) is 59.5 Å². The molecule has 2 heterocycles. The highest BCUT2D eigenvalue weighted by Crippen LogP contribution is 2.26. The van der Waals surface area contributed by atoms with E-state index < -0.39 is 0 Å². The number of nitrogens with zero attached hydrogens (tertiary/aromatic N) is 1. The predicted molar refractivity (Wildman–Crippen MR) is 72.2 cm³/mol. The Labute approximate surface area is 108 Å². The summed E-state index contributed by atoms with van der Waals surface area (Å²) in [4.78, 5) is 2.53. The zero-order chi connectivity index (χ0) is 12.4. The van der Waals surface area contributed by atoms with E-state index in [1.807, 2.05) is 6.07 Å². The van der Waals surface area contributed by atoms with Crippen LogP contribution in [0.15, 0.2) is 47.1 Å². The van der Waals surface area contributed by atoms with Crippen LogP contribution in [0.25, 0.3) is 0 Å². The molecular formula is C16H19NO. The van der Waals surface area contributed by atoms with E-state index in [2.05, 4.69) is 42.2 Å². The molecule has 2 aromatic rings. The van der Waals surface area contributed by atoms with Crippen molar-refractivity contribution in [3.8, 4) is 0 Å². The van der Waals surface area contributed by atoms with E-state index >= 15 is 0 Å². The smallest absolute Gasteiger partial charge is 0.117 e. The highest BCUT2D eigenvalue weighted by atomic mass is 16.3. The van der Waals surface area contributed by atoms with Crippen LogP contribution in [0.4, 0.5) is 0 Å². The second-order valence-corrected chi connectivity index (χ2v) is 5.02. The van der Waals surface area contributed by atoms with Crippen LogP contribution < -0.4 is 0 Å². The van der Waals surface area contributed by atoms with Gasteiger partial charge in [0.05, 0.1) is 12.8 Å². The molecule has 1 atom stereocenters. The molecule has 0 fully saturated rings. The Bertz CT molecular complexity index is 504. The van der Waals surface area contributed by atoms with E-state index in [0.717, 1.165) is 25.3 Å². The predicted octanol–water partition coefficient (Wildman–Crippen LogP) is 3.62. The first kappa shape index (κ1) is 11.5. The van der Waals surface area contributed by atoms with Crippen molar-refractivity contribution in [3.63, 3.8) is 0 Å². The highest BCUT2D eigenvalue weighted by molar-refractivity contribution is 5.30. The van der Waals surface area contributed by atoms with Crippen molar-refractivity contribution in [2.75, 3.05) is 0 Å². The summed E-state index contributed by atoms with van der Waals surface area (Å²) in [6.45, 7) is 4.23. The molecule has 0 saturated heterocycles. The summed E-state index contributed by atoms with van der Waals surface area (Å²) in [7, 11) is 0. The lowest BCUT2D eigenvalue weighted by Gasteiger charge is -2.36. The van der Waals surface area contributed by atoms with Gasteiger partial charge in [-0.05, 0) is 36.1 Å². The Morgan fingerprint density at radius 3 is 2.72 bits per heavy atom. The second kappa shape index (κ2) is 4.99. The van der Waals surface area contributed by atoms with Crippen LogP contribution in [0.1, 0.15) is 30.2 Å². The molecule has 0 N–H and O–H groups in total. The minimum Gasteiger partial charge on any atom is -0.468 e. The molecule has 18 heavy (non-hydrogen) atoms. The first-order chi connectivity index (χ1) is 8.86. The molecule has 0 saturated carbocycles. The molecule has 1 aromatic heterocycles. The summed E-state index contributed by atoms with van der Waals surface area (Å²) in [5, 5.41) is 0. The van der Waals surface area contributed by atoms with Gasteiger partial charge in [0.1, 0.15) is 5.76 Å². The molecule has 1 aliphatic rings. The van der Waals surface area contributed by atoms with Gasteiger partial charge in [0.15, 0.2) is 0 Å². The first-order valence-corrected chi connectivity index (χ1v) is 6.70. The van der Waals surface area contributed by atoms with Crippen molar-refractivity contribution in [2.24, 2.45) is 0 Å². The van der Waals surface area contributed by atoms with E-state index in [9.17, 15) is 0 Å². The van der Waals surface area contributed by atoms with E-state index in [1.54, 1.807) is 6.26 Å². The number of hydrogen-bond donors (Lipinski definition) is 0. The van der Waals surface area contributed by atoms with Crippen LogP contribution in [0.2, 0.25) is 0 Å². The van der Waals surface area contributed by atoms with Crippen LogP contribution in [0.5, 0.6) is 0 Å². The Kier molecular flexibility index (Phi) is 3.20. The molecule has 1 aromatic carbocycles. The van der Waals surface area contributed by atoms with Gasteiger partial charge in [0, 0.05) is 12.6 Å². The lowest BCUT2D eigenvalue weighted by Crippen LogP contribution is -2.39. The van der Waals surface area contributed by atoms with Crippen molar-refractivity contribution in [2.45, 2.75) is 38.9 Å². The Morgan fingerprint density at radius 2 is 2.00 bits per heavy atom.